The Morgan fingerprint density at radius 1 is 1.44 bits per heavy atom. The van der Waals surface area contributed by atoms with E-state index in [9.17, 15) is 0 Å². The normalized spacial score (nSPS) is 12.6. The van der Waals surface area contributed by atoms with Crippen molar-refractivity contribution in [3.05, 3.63) is 12.1 Å². The quantitative estimate of drug-likeness (QED) is 0.431. The molecule has 9 heavy (non-hydrogen) atoms. The highest BCUT2D eigenvalue weighted by atomic mass is 16.4. The zero-order valence-corrected chi connectivity index (χ0v) is 5.70. The molecule has 4 N–H and O–H groups in total. The summed E-state index contributed by atoms with van der Waals surface area (Å²) < 4.78 is 0. The Hall–Kier alpha value is -0.315. The molecule has 0 aromatic carbocycles. The summed E-state index contributed by atoms with van der Waals surface area (Å²) in [5.41, 5.74) is 5.01. The van der Waals surface area contributed by atoms with Crippen LogP contribution in [0, 0.1) is 0 Å². The first kappa shape index (κ1) is 8.68. The molecule has 0 saturated carbocycles. The van der Waals surface area contributed by atoms with E-state index in [0.29, 0.717) is 0 Å². The van der Waals surface area contributed by atoms with Gasteiger partial charge in [0.05, 0.1) is 0 Å². The summed E-state index contributed by atoms with van der Waals surface area (Å²) in [6, 6.07) is 0. The maximum absolute atomic E-state index is 8.33. The predicted octanol–water partition coefficient (Wildman–Crippen LogP) is -0.708. The summed E-state index contributed by atoms with van der Waals surface area (Å²) in [6.45, 7) is 3.54. The summed E-state index contributed by atoms with van der Waals surface area (Å²) in [5, 5.41) is 16.7. The minimum atomic E-state index is -1.40. The number of rotatable bonds is 2. The van der Waals surface area contributed by atoms with E-state index in [1.807, 2.05) is 0 Å². The molecule has 0 saturated heterocycles. The highest BCUT2D eigenvalue weighted by Crippen LogP contribution is 1.97. The zero-order valence-electron chi connectivity index (χ0n) is 5.70. The molecule has 0 atom stereocenters. The highest BCUT2D eigenvalue weighted by molar-refractivity contribution is 6.47. The Morgan fingerprint density at radius 2 is 1.89 bits per heavy atom. The van der Waals surface area contributed by atoms with Crippen LogP contribution in [-0.4, -0.2) is 22.7 Å². The lowest BCUT2D eigenvalue weighted by Gasteiger charge is -2.10. The standard InChI is InChI=1S/C5H12BNO2/c1-5(2,7)3-4-6(8)9/h3-4,8-9H,7H2,1-2H3/b4-3+. The Bertz CT molecular complexity index is 106. The SMILES string of the molecule is CC(C)(N)/C=C/B(O)O. The largest absolute Gasteiger partial charge is 0.480 e. The van der Waals surface area contributed by atoms with Gasteiger partial charge in [-0.25, -0.2) is 0 Å². The van der Waals surface area contributed by atoms with E-state index in [-0.39, 0.29) is 0 Å². The molecule has 0 spiro atoms. The van der Waals surface area contributed by atoms with Crippen molar-refractivity contribution in [3.63, 3.8) is 0 Å². The van der Waals surface area contributed by atoms with E-state index in [1.165, 1.54) is 12.1 Å². The van der Waals surface area contributed by atoms with Crippen LogP contribution < -0.4 is 5.73 Å². The van der Waals surface area contributed by atoms with Crippen LogP contribution in [0.4, 0.5) is 0 Å². The van der Waals surface area contributed by atoms with Gasteiger partial charge in [0.15, 0.2) is 0 Å². The molecular weight excluding hydrogens is 117 g/mol. The fourth-order valence-corrected chi connectivity index (χ4v) is 0.334. The molecule has 0 aromatic heterocycles. The van der Waals surface area contributed by atoms with E-state index in [2.05, 4.69) is 0 Å². The molecule has 0 radical (unpaired) electrons. The first-order valence-electron chi connectivity index (χ1n) is 2.76. The molecule has 3 nitrogen and oxygen atoms in total. The van der Waals surface area contributed by atoms with Gasteiger partial charge in [0.25, 0.3) is 0 Å². The van der Waals surface area contributed by atoms with Crippen LogP contribution in [0.1, 0.15) is 13.8 Å². The monoisotopic (exact) mass is 129 g/mol. The first-order valence-corrected chi connectivity index (χ1v) is 2.76. The second-order valence-corrected chi connectivity index (χ2v) is 2.59. The molecular formula is C5H12BNO2. The lowest BCUT2D eigenvalue weighted by molar-refractivity contribution is 0.423. The molecule has 0 unspecified atom stereocenters. The fourth-order valence-electron chi connectivity index (χ4n) is 0.334. The molecule has 52 valence electrons. The van der Waals surface area contributed by atoms with Gasteiger partial charge in [-0.3, -0.25) is 0 Å². The third-order valence-electron chi connectivity index (χ3n) is 0.698. The van der Waals surface area contributed by atoms with Crippen LogP contribution in [0.15, 0.2) is 12.1 Å². The summed E-state index contributed by atoms with van der Waals surface area (Å²) in [6.07, 6.45) is 1.54. The third kappa shape index (κ3) is 7.68. The average molecular weight is 129 g/mol. The van der Waals surface area contributed by atoms with Crippen molar-refractivity contribution in [1.82, 2.24) is 0 Å². The number of nitrogens with two attached hydrogens (primary N) is 1. The van der Waals surface area contributed by atoms with Crippen molar-refractivity contribution in [2.24, 2.45) is 5.73 Å². The molecule has 0 fully saturated rings. The van der Waals surface area contributed by atoms with Crippen molar-refractivity contribution in [3.8, 4) is 0 Å². The van der Waals surface area contributed by atoms with Gasteiger partial charge in [0, 0.05) is 5.54 Å². The van der Waals surface area contributed by atoms with Crippen molar-refractivity contribution in [1.29, 1.82) is 0 Å². The molecule has 4 heteroatoms. The fraction of sp³-hybridized carbons (Fsp3) is 0.600. The van der Waals surface area contributed by atoms with Gasteiger partial charge < -0.3 is 15.8 Å². The van der Waals surface area contributed by atoms with Gasteiger partial charge in [0.1, 0.15) is 0 Å². The zero-order chi connectivity index (χ0) is 7.49. The maximum atomic E-state index is 8.33. The van der Waals surface area contributed by atoms with E-state index >= 15 is 0 Å². The minimum Gasteiger partial charge on any atom is -0.424 e. The average Bonchev–Trinajstić information content (AvgIpc) is 1.59. The molecule has 0 bridgehead atoms. The Morgan fingerprint density at radius 3 is 2.00 bits per heavy atom. The van der Waals surface area contributed by atoms with Gasteiger partial charge in [-0.2, -0.15) is 0 Å². The van der Waals surface area contributed by atoms with Crippen molar-refractivity contribution < 1.29 is 10.0 Å². The number of hydrogen-bond donors (Lipinski definition) is 3. The predicted molar refractivity (Wildman–Crippen MR) is 37.6 cm³/mol. The molecule has 0 rings (SSSR count). The summed E-state index contributed by atoms with van der Waals surface area (Å²) in [4.78, 5) is 0. The lowest BCUT2D eigenvalue weighted by Crippen LogP contribution is -2.29. The van der Waals surface area contributed by atoms with Gasteiger partial charge in [-0.05, 0) is 13.8 Å². The van der Waals surface area contributed by atoms with E-state index in [1.54, 1.807) is 13.8 Å². The Labute approximate surface area is 55.3 Å². The van der Waals surface area contributed by atoms with E-state index < -0.39 is 12.7 Å². The van der Waals surface area contributed by atoms with Gasteiger partial charge in [0.2, 0.25) is 0 Å². The van der Waals surface area contributed by atoms with Crippen molar-refractivity contribution in [2.75, 3.05) is 0 Å². The van der Waals surface area contributed by atoms with Crippen LogP contribution >= 0.6 is 0 Å². The van der Waals surface area contributed by atoms with Gasteiger partial charge in [-0.1, -0.05) is 12.1 Å². The summed E-state index contributed by atoms with van der Waals surface area (Å²) >= 11 is 0. The third-order valence-corrected chi connectivity index (χ3v) is 0.698. The van der Waals surface area contributed by atoms with Crippen LogP contribution in [0.5, 0.6) is 0 Å². The van der Waals surface area contributed by atoms with Crippen LogP contribution in [0.2, 0.25) is 0 Å². The Balaban J connectivity index is 3.71. The van der Waals surface area contributed by atoms with Crippen molar-refractivity contribution in [2.45, 2.75) is 19.4 Å². The molecule has 0 aliphatic heterocycles. The molecule has 0 heterocycles. The molecule has 0 aliphatic rings. The maximum Gasteiger partial charge on any atom is 0.480 e. The van der Waals surface area contributed by atoms with Crippen LogP contribution in [0.3, 0.4) is 0 Å². The topological polar surface area (TPSA) is 66.5 Å². The summed E-state index contributed by atoms with van der Waals surface area (Å²) in [5.74, 6) is 1.24. The Kier molecular flexibility index (Phi) is 2.90. The van der Waals surface area contributed by atoms with Gasteiger partial charge >= 0.3 is 7.12 Å². The van der Waals surface area contributed by atoms with Gasteiger partial charge in [-0.15, -0.1) is 0 Å². The molecule has 0 aromatic rings. The van der Waals surface area contributed by atoms with E-state index in [4.69, 9.17) is 15.8 Å². The van der Waals surface area contributed by atoms with E-state index in [0.717, 1.165) is 0 Å². The number of hydrogen-bond acceptors (Lipinski definition) is 3. The summed E-state index contributed by atoms with van der Waals surface area (Å²) in [7, 11) is -1.40. The smallest absolute Gasteiger partial charge is 0.424 e. The lowest BCUT2D eigenvalue weighted by atomic mass is 9.88. The molecule has 0 amide bonds. The highest BCUT2D eigenvalue weighted by Gasteiger charge is 2.06. The molecule has 0 aliphatic carbocycles. The first-order chi connectivity index (χ1) is 3.92. The second kappa shape index (κ2) is 3.01. The van der Waals surface area contributed by atoms with Crippen molar-refractivity contribution >= 4 is 7.12 Å². The minimum absolute atomic E-state index is 0.469. The van der Waals surface area contributed by atoms with Crippen LogP contribution in [0.25, 0.3) is 0 Å². The van der Waals surface area contributed by atoms with Crippen LogP contribution in [-0.2, 0) is 0 Å². The second-order valence-electron chi connectivity index (χ2n) is 2.59.